The lowest BCUT2D eigenvalue weighted by molar-refractivity contribution is -0.126. The fourth-order valence-corrected chi connectivity index (χ4v) is 4.11. The Labute approximate surface area is 154 Å². The molecule has 3 heterocycles. The van der Waals surface area contributed by atoms with Crippen LogP contribution < -0.4 is 10.2 Å². The first kappa shape index (κ1) is 15.7. The number of benzene rings is 2. The van der Waals surface area contributed by atoms with Crippen LogP contribution in [0.15, 0.2) is 54.7 Å². The van der Waals surface area contributed by atoms with E-state index in [-0.39, 0.29) is 24.1 Å². The van der Waals surface area contributed by atoms with E-state index < -0.39 is 5.41 Å². The number of fused-ring (bicyclic) bond motifs is 4. The smallest absolute Gasteiger partial charge is 0.243 e. The molecule has 2 aliphatic rings. The number of aromatic nitrogens is 2. The summed E-state index contributed by atoms with van der Waals surface area (Å²) in [5.74, 6) is -0.280. The van der Waals surface area contributed by atoms with E-state index in [1.807, 2.05) is 24.3 Å². The number of hydrogen-bond acceptors (Lipinski definition) is 3. The van der Waals surface area contributed by atoms with E-state index in [2.05, 4.69) is 15.5 Å². The van der Waals surface area contributed by atoms with Gasteiger partial charge in [-0.15, -0.1) is 0 Å². The molecule has 1 atom stereocenters. The highest BCUT2D eigenvalue weighted by molar-refractivity contribution is 6.15. The third kappa shape index (κ3) is 2.14. The first-order valence-corrected chi connectivity index (χ1v) is 8.59. The molecule has 2 amide bonds. The van der Waals surface area contributed by atoms with Gasteiger partial charge in [0.25, 0.3) is 0 Å². The van der Waals surface area contributed by atoms with Crippen molar-refractivity contribution in [2.75, 3.05) is 10.2 Å². The number of amides is 2. The van der Waals surface area contributed by atoms with Crippen molar-refractivity contribution in [1.29, 1.82) is 0 Å². The highest BCUT2D eigenvalue weighted by atomic mass is 19.1. The Morgan fingerprint density at radius 1 is 1.07 bits per heavy atom. The van der Waals surface area contributed by atoms with Crippen LogP contribution in [0, 0.1) is 5.82 Å². The molecule has 27 heavy (non-hydrogen) atoms. The van der Waals surface area contributed by atoms with Crippen molar-refractivity contribution < 1.29 is 14.0 Å². The van der Waals surface area contributed by atoms with Crippen LogP contribution in [-0.4, -0.2) is 22.0 Å². The Kier molecular flexibility index (Phi) is 3.21. The largest absolute Gasteiger partial charge is 0.311 e. The summed E-state index contributed by atoms with van der Waals surface area (Å²) >= 11 is 0. The number of nitrogens with zero attached hydrogens (tertiary/aromatic N) is 2. The second-order valence-corrected chi connectivity index (χ2v) is 6.82. The van der Waals surface area contributed by atoms with Crippen molar-refractivity contribution in [2.45, 2.75) is 18.4 Å². The molecule has 7 heteroatoms. The maximum Gasteiger partial charge on any atom is 0.243 e. The summed E-state index contributed by atoms with van der Waals surface area (Å²) in [7, 11) is 0. The van der Waals surface area contributed by atoms with Crippen LogP contribution in [-0.2, 0) is 21.5 Å². The predicted molar refractivity (Wildman–Crippen MR) is 96.6 cm³/mol. The Balaban J connectivity index is 1.67. The number of anilines is 2. The minimum Gasteiger partial charge on any atom is -0.311 e. The zero-order valence-corrected chi connectivity index (χ0v) is 14.2. The molecule has 2 N–H and O–H groups in total. The molecular formula is C20H15FN4O2. The van der Waals surface area contributed by atoms with Gasteiger partial charge in [-0.25, -0.2) is 4.39 Å². The minimum atomic E-state index is -1.10. The molecular weight excluding hydrogens is 347 g/mol. The van der Waals surface area contributed by atoms with Crippen LogP contribution in [0.1, 0.15) is 23.1 Å². The van der Waals surface area contributed by atoms with Crippen LogP contribution >= 0.6 is 0 Å². The summed E-state index contributed by atoms with van der Waals surface area (Å²) in [4.78, 5) is 27.7. The average molecular weight is 362 g/mol. The van der Waals surface area contributed by atoms with Crippen LogP contribution in [0.4, 0.5) is 15.9 Å². The van der Waals surface area contributed by atoms with Crippen LogP contribution in [0.5, 0.6) is 0 Å². The zero-order chi connectivity index (χ0) is 18.6. The van der Waals surface area contributed by atoms with E-state index in [1.165, 1.54) is 12.1 Å². The van der Waals surface area contributed by atoms with Gasteiger partial charge in [0.05, 0.1) is 12.7 Å². The number of H-pyrrole nitrogens is 1. The molecule has 1 aromatic heterocycles. The van der Waals surface area contributed by atoms with E-state index in [4.69, 9.17) is 0 Å². The van der Waals surface area contributed by atoms with Gasteiger partial charge in [0.2, 0.25) is 11.8 Å². The van der Waals surface area contributed by atoms with Crippen molar-refractivity contribution in [1.82, 2.24) is 10.2 Å². The topological polar surface area (TPSA) is 78.1 Å². The highest BCUT2D eigenvalue weighted by Gasteiger charge is 2.56. The second kappa shape index (κ2) is 5.51. The summed E-state index contributed by atoms with van der Waals surface area (Å²) in [5, 5.41) is 9.54. The monoisotopic (exact) mass is 362 g/mol. The number of hydrogen-bond donors (Lipinski definition) is 2. The number of nitrogens with one attached hydrogen (secondary N) is 2. The molecule has 134 valence electrons. The molecule has 2 aliphatic heterocycles. The number of carbonyl (C=O) groups is 2. The second-order valence-electron chi connectivity index (χ2n) is 6.82. The molecule has 0 saturated heterocycles. The first-order chi connectivity index (χ1) is 13.1. The van der Waals surface area contributed by atoms with Gasteiger partial charge in [-0.05, 0) is 29.3 Å². The summed E-state index contributed by atoms with van der Waals surface area (Å²) in [6.45, 7) is 0.298. The Morgan fingerprint density at radius 3 is 2.67 bits per heavy atom. The van der Waals surface area contributed by atoms with E-state index in [9.17, 15) is 14.0 Å². The van der Waals surface area contributed by atoms with E-state index in [0.29, 0.717) is 17.9 Å². The maximum atomic E-state index is 13.6. The van der Waals surface area contributed by atoms with Gasteiger partial charge in [0.1, 0.15) is 17.1 Å². The molecule has 0 saturated carbocycles. The Bertz CT molecular complexity index is 1080. The van der Waals surface area contributed by atoms with Gasteiger partial charge in [-0.2, -0.15) is 5.10 Å². The van der Waals surface area contributed by atoms with Crippen LogP contribution in [0.3, 0.4) is 0 Å². The normalized spacial score (nSPS) is 20.6. The maximum absolute atomic E-state index is 13.6. The molecule has 3 aromatic rings. The van der Waals surface area contributed by atoms with Crippen molar-refractivity contribution in [3.63, 3.8) is 0 Å². The zero-order valence-electron chi connectivity index (χ0n) is 14.2. The van der Waals surface area contributed by atoms with Crippen molar-refractivity contribution >= 4 is 23.3 Å². The molecule has 2 aromatic carbocycles. The predicted octanol–water partition coefficient (Wildman–Crippen LogP) is 2.72. The fraction of sp³-hybridized carbons (Fsp3) is 0.150. The lowest BCUT2D eigenvalue weighted by atomic mass is 9.72. The third-order valence-corrected chi connectivity index (χ3v) is 5.31. The van der Waals surface area contributed by atoms with Crippen molar-refractivity contribution in [3.05, 3.63) is 77.2 Å². The van der Waals surface area contributed by atoms with Gasteiger partial charge in [-0.3, -0.25) is 14.7 Å². The highest BCUT2D eigenvalue weighted by Crippen LogP contribution is 2.51. The molecule has 6 nitrogen and oxygen atoms in total. The van der Waals surface area contributed by atoms with Crippen molar-refractivity contribution in [2.24, 2.45) is 0 Å². The molecule has 1 unspecified atom stereocenters. The first-order valence-electron chi connectivity index (χ1n) is 8.59. The number of para-hydroxylation sites is 1. The van der Waals surface area contributed by atoms with Crippen molar-refractivity contribution in [3.8, 4) is 0 Å². The minimum absolute atomic E-state index is 0.0231. The van der Waals surface area contributed by atoms with E-state index in [0.717, 1.165) is 16.8 Å². The van der Waals surface area contributed by atoms with Crippen LogP contribution in [0.25, 0.3) is 0 Å². The number of halogens is 1. The molecule has 0 radical (unpaired) electrons. The van der Waals surface area contributed by atoms with Gasteiger partial charge in [0.15, 0.2) is 0 Å². The standard InChI is InChI=1S/C20H15FN4O2/c21-13-7-5-12(6-8-13)11-25-16-4-2-1-3-14(16)20(19(25)27)9-17(26)23-18-15(20)10-22-24-18/h1-8,10H,9,11H2,(H2,22,23,24,26). The fourth-order valence-electron chi connectivity index (χ4n) is 4.11. The average Bonchev–Trinajstić information content (AvgIpc) is 3.22. The lowest BCUT2D eigenvalue weighted by Gasteiger charge is -2.31. The third-order valence-electron chi connectivity index (χ3n) is 5.31. The quantitative estimate of drug-likeness (QED) is 0.736. The van der Waals surface area contributed by atoms with Crippen LogP contribution in [0.2, 0.25) is 0 Å². The number of carbonyl (C=O) groups excluding carboxylic acids is 2. The molecule has 1 spiro atoms. The Morgan fingerprint density at radius 2 is 1.85 bits per heavy atom. The van der Waals surface area contributed by atoms with Gasteiger partial charge < -0.3 is 10.2 Å². The summed E-state index contributed by atoms with van der Waals surface area (Å²) < 4.78 is 13.2. The van der Waals surface area contributed by atoms with Gasteiger partial charge in [0, 0.05) is 17.7 Å². The number of aromatic amines is 1. The summed E-state index contributed by atoms with van der Waals surface area (Å²) in [6.07, 6.45) is 1.63. The Hall–Kier alpha value is -3.48. The summed E-state index contributed by atoms with van der Waals surface area (Å²) in [6, 6.07) is 13.5. The molecule has 0 aliphatic carbocycles. The SMILES string of the molecule is O=C1CC2(C(=O)N(Cc3ccc(F)cc3)c3ccccc32)c2cn[nH]c2N1. The molecule has 0 bridgehead atoms. The van der Waals surface area contributed by atoms with E-state index >= 15 is 0 Å². The lowest BCUT2D eigenvalue weighted by Crippen LogP contribution is -2.46. The van der Waals surface area contributed by atoms with E-state index in [1.54, 1.807) is 23.2 Å². The molecule has 5 rings (SSSR count). The van der Waals surface area contributed by atoms with Gasteiger partial charge >= 0.3 is 0 Å². The van der Waals surface area contributed by atoms with Gasteiger partial charge in [-0.1, -0.05) is 30.3 Å². The number of rotatable bonds is 2. The summed E-state index contributed by atoms with van der Waals surface area (Å²) in [5.41, 5.74) is 1.93. The molecule has 0 fully saturated rings.